The molecule has 5 nitrogen and oxygen atoms in total. The van der Waals surface area contributed by atoms with Crippen LogP contribution in [0.1, 0.15) is 34.6 Å². The molecule has 0 radical (unpaired) electrons. The monoisotopic (exact) mass is 330 g/mol. The third-order valence-corrected chi connectivity index (χ3v) is 4.47. The van der Waals surface area contributed by atoms with Gasteiger partial charge in [-0.1, -0.05) is 18.2 Å². The molecule has 1 atom stereocenters. The number of thiophene rings is 1. The van der Waals surface area contributed by atoms with E-state index in [4.69, 9.17) is 4.74 Å². The SMILES string of the molecule is CCOC(=O)CNC1c2ccccc2C(=O)N1Cc1ccsc1. The van der Waals surface area contributed by atoms with Crippen molar-refractivity contribution in [3.8, 4) is 0 Å². The van der Waals surface area contributed by atoms with Crippen molar-refractivity contribution in [3.63, 3.8) is 0 Å². The van der Waals surface area contributed by atoms with Crippen molar-refractivity contribution in [2.75, 3.05) is 13.2 Å². The normalized spacial score (nSPS) is 16.5. The second-order valence-electron chi connectivity index (χ2n) is 5.24. The summed E-state index contributed by atoms with van der Waals surface area (Å²) >= 11 is 1.60. The van der Waals surface area contributed by atoms with Crippen LogP contribution < -0.4 is 5.32 Å². The fourth-order valence-electron chi connectivity index (χ4n) is 2.72. The molecule has 2 aromatic rings. The van der Waals surface area contributed by atoms with Gasteiger partial charge in [-0.3, -0.25) is 14.9 Å². The third kappa shape index (κ3) is 3.28. The summed E-state index contributed by atoms with van der Waals surface area (Å²) in [5, 5.41) is 7.17. The predicted molar refractivity (Wildman–Crippen MR) is 88.0 cm³/mol. The number of nitrogens with zero attached hydrogens (tertiary/aromatic N) is 1. The van der Waals surface area contributed by atoms with Gasteiger partial charge in [0.05, 0.1) is 13.2 Å². The van der Waals surface area contributed by atoms with E-state index in [2.05, 4.69) is 5.32 Å². The first-order valence-electron chi connectivity index (χ1n) is 7.50. The van der Waals surface area contributed by atoms with Crippen LogP contribution in [0, 0.1) is 0 Å². The first-order valence-corrected chi connectivity index (χ1v) is 8.45. The lowest BCUT2D eigenvalue weighted by Crippen LogP contribution is -2.38. The minimum absolute atomic E-state index is 0.0202. The van der Waals surface area contributed by atoms with Gasteiger partial charge in [-0.2, -0.15) is 11.3 Å². The molecule has 1 unspecified atom stereocenters. The highest BCUT2D eigenvalue weighted by Gasteiger charge is 2.36. The lowest BCUT2D eigenvalue weighted by Gasteiger charge is -2.25. The molecule has 1 N–H and O–H groups in total. The fourth-order valence-corrected chi connectivity index (χ4v) is 3.38. The van der Waals surface area contributed by atoms with Gasteiger partial charge in [0.15, 0.2) is 0 Å². The molecule has 0 fully saturated rings. The summed E-state index contributed by atoms with van der Waals surface area (Å²) in [4.78, 5) is 26.1. The van der Waals surface area contributed by atoms with Crippen molar-refractivity contribution in [1.82, 2.24) is 10.2 Å². The molecule has 120 valence electrons. The zero-order chi connectivity index (χ0) is 16.2. The van der Waals surface area contributed by atoms with Gasteiger partial charge in [-0.05, 0) is 35.4 Å². The standard InChI is InChI=1S/C17H18N2O3S/c1-2-22-15(20)9-18-16-13-5-3-4-6-14(13)17(21)19(16)10-12-7-8-23-11-12/h3-8,11,16,18H,2,9-10H2,1H3. The van der Waals surface area contributed by atoms with E-state index in [0.29, 0.717) is 18.7 Å². The first-order chi connectivity index (χ1) is 11.2. The van der Waals surface area contributed by atoms with Crippen LogP contribution in [0.4, 0.5) is 0 Å². The summed E-state index contributed by atoms with van der Waals surface area (Å²) in [6.07, 6.45) is -0.317. The largest absolute Gasteiger partial charge is 0.465 e. The summed E-state index contributed by atoms with van der Waals surface area (Å²) in [7, 11) is 0. The van der Waals surface area contributed by atoms with Gasteiger partial charge in [0.1, 0.15) is 6.17 Å². The Kier molecular flexibility index (Phi) is 4.73. The lowest BCUT2D eigenvalue weighted by atomic mass is 10.1. The Labute approximate surface area is 138 Å². The maximum absolute atomic E-state index is 12.7. The van der Waals surface area contributed by atoms with Crippen LogP contribution in [0.2, 0.25) is 0 Å². The highest BCUT2D eigenvalue weighted by molar-refractivity contribution is 7.07. The maximum Gasteiger partial charge on any atom is 0.319 e. The zero-order valence-electron chi connectivity index (χ0n) is 12.8. The molecule has 1 aromatic carbocycles. The van der Waals surface area contributed by atoms with Gasteiger partial charge in [-0.25, -0.2) is 0 Å². The Balaban J connectivity index is 1.81. The van der Waals surface area contributed by atoms with E-state index in [9.17, 15) is 9.59 Å². The third-order valence-electron chi connectivity index (χ3n) is 3.74. The number of amides is 1. The van der Waals surface area contributed by atoms with Gasteiger partial charge in [-0.15, -0.1) is 0 Å². The van der Waals surface area contributed by atoms with Gasteiger partial charge in [0.25, 0.3) is 5.91 Å². The van der Waals surface area contributed by atoms with Gasteiger partial charge in [0.2, 0.25) is 0 Å². The Morgan fingerprint density at radius 3 is 2.91 bits per heavy atom. The number of fused-ring (bicyclic) bond motifs is 1. The smallest absolute Gasteiger partial charge is 0.319 e. The second-order valence-corrected chi connectivity index (χ2v) is 6.02. The molecule has 0 aliphatic carbocycles. The second kappa shape index (κ2) is 6.93. The number of carbonyl (C=O) groups excluding carboxylic acids is 2. The molecule has 0 bridgehead atoms. The average Bonchev–Trinajstić information content (AvgIpc) is 3.15. The van der Waals surface area contributed by atoms with E-state index in [-0.39, 0.29) is 24.6 Å². The number of esters is 1. The topological polar surface area (TPSA) is 58.6 Å². The Morgan fingerprint density at radius 2 is 2.17 bits per heavy atom. The predicted octanol–water partition coefficient (Wildman–Crippen LogP) is 2.56. The van der Waals surface area contributed by atoms with E-state index in [0.717, 1.165) is 11.1 Å². The number of hydrogen-bond acceptors (Lipinski definition) is 5. The molecule has 6 heteroatoms. The number of hydrogen-bond donors (Lipinski definition) is 1. The summed E-state index contributed by atoms with van der Waals surface area (Å²) in [6.45, 7) is 2.70. The summed E-state index contributed by atoms with van der Waals surface area (Å²) in [6, 6.07) is 9.50. The lowest BCUT2D eigenvalue weighted by molar-refractivity contribution is -0.142. The number of benzene rings is 1. The number of carbonyl (C=O) groups is 2. The molecular weight excluding hydrogens is 312 g/mol. The van der Waals surface area contributed by atoms with E-state index in [1.807, 2.05) is 41.1 Å². The number of ether oxygens (including phenoxy) is 1. The van der Waals surface area contributed by atoms with Crippen molar-refractivity contribution < 1.29 is 14.3 Å². The highest BCUT2D eigenvalue weighted by Crippen LogP contribution is 2.33. The van der Waals surface area contributed by atoms with Crippen LogP contribution in [-0.2, 0) is 16.1 Å². The van der Waals surface area contributed by atoms with Crippen LogP contribution in [0.3, 0.4) is 0 Å². The molecule has 2 heterocycles. The van der Waals surface area contributed by atoms with Crippen molar-refractivity contribution in [1.29, 1.82) is 0 Å². The number of rotatable bonds is 6. The summed E-state index contributed by atoms with van der Waals surface area (Å²) < 4.78 is 4.95. The van der Waals surface area contributed by atoms with Gasteiger partial charge < -0.3 is 9.64 Å². The van der Waals surface area contributed by atoms with E-state index in [1.54, 1.807) is 23.2 Å². The Bertz CT molecular complexity index is 700. The zero-order valence-corrected chi connectivity index (χ0v) is 13.6. The van der Waals surface area contributed by atoms with Crippen LogP contribution >= 0.6 is 11.3 Å². The van der Waals surface area contributed by atoms with Crippen molar-refractivity contribution in [2.24, 2.45) is 0 Å². The molecule has 23 heavy (non-hydrogen) atoms. The molecule has 0 spiro atoms. The molecule has 3 rings (SSSR count). The quantitative estimate of drug-likeness (QED) is 0.827. The summed E-state index contributed by atoms with van der Waals surface area (Å²) in [5.74, 6) is -0.340. The fraction of sp³-hybridized carbons (Fsp3) is 0.294. The molecule has 1 aromatic heterocycles. The minimum atomic E-state index is -0.320. The van der Waals surface area contributed by atoms with Gasteiger partial charge >= 0.3 is 5.97 Å². The van der Waals surface area contributed by atoms with Crippen molar-refractivity contribution in [2.45, 2.75) is 19.6 Å². The van der Waals surface area contributed by atoms with Crippen molar-refractivity contribution in [3.05, 3.63) is 57.8 Å². The number of nitrogens with one attached hydrogen (secondary N) is 1. The van der Waals surface area contributed by atoms with Crippen molar-refractivity contribution >= 4 is 23.2 Å². The molecular formula is C17H18N2O3S. The summed E-state index contributed by atoms with van der Waals surface area (Å²) in [5.41, 5.74) is 2.67. The van der Waals surface area contributed by atoms with Crippen LogP contribution in [0.5, 0.6) is 0 Å². The molecule has 0 saturated heterocycles. The first kappa shape index (κ1) is 15.7. The Morgan fingerprint density at radius 1 is 1.35 bits per heavy atom. The maximum atomic E-state index is 12.7. The molecule has 0 saturated carbocycles. The van der Waals surface area contributed by atoms with E-state index < -0.39 is 0 Å². The molecule has 1 aliphatic heterocycles. The van der Waals surface area contributed by atoms with Gasteiger partial charge in [0, 0.05) is 17.7 Å². The van der Waals surface area contributed by atoms with Crippen LogP contribution in [-0.4, -0.2) is 29.9 Å². The average molecular weight is 330 g/mol. The molecule has 1 amide bonds. The minimum Gasteiger partial charge on any atom is -0.465 e. The Hall–Kier alpha value is -2.18. The highest BCUT2D eigenvalue weighted by atomic mass is 32.1. The van der Waals surface area contributed by atoms with E-state index in [1.165, 1.54) is 0 Å². The van der Waals surface area contributed by atoms with Crippen LogP contribution in [0.25, 0.3) is 0 Å². The van der Waals surface area contributed by atoms with Crippen LogP contribution in [0.15, 0.2) is 41.1 Å². The van der Waals surface area contributed by atoms with E-state index >= 15 is 0 Å². The molecule has 1 aliphatic rings.